The average Bonchev–Trinajstić information content (AvgIpc) is 2.70. The summed E-state index contributed by atoms with van der Waals surface area (Å²) in [5, 5.41) is 38.8. The van der Waals surface area contributed by atoms with E-state index in [4.69, 9.17) is 28.7 Å². The van der Waals surface area contributed by atoms with E-state index in [1.165, 1.54) is 19.4 Å². The molecule has 3 aliphatic heterocycles. The number of carbonyl (C=O) groups excluding carboxylic acids is 1. The Morgan fingerprint density at radius 3 is 2.57 bits per heavy atom. The van der Waals surface area contributed by atoms with Crippen molar-refractivity contribution >= 4 is 5.97 Å². The summed E-state index contributed by atoms with van der Waals surface area (Å²) in [6.45, 7) is 3.13. The van der Waals surface area contributed by atoms with Crippen molar-refractivity contribution in [2.24, 2.45) is 11.8 Å². The number of aliphatic hydroxyl groups is 4. The van der Waals surface area contributed by atoms with Crippen molar-refractivity contribution < 1.29 is 53.9 Å². The van der Waals surface area contributed by atoms with Crippen LogP contribution in [-0.2, 0) is 33.5 Å². The van der Waals surface area contributed by atoms with Crippen LogP contribution >= 0.6 is 0 Å². The molecule has 11 nitrogen and oxygen atoms in total. The van der Waals surface area contributed by atoms with Crippen molar-refractivity contribution in [1.82, 2.24) is 0 Å². The number of aliphatic hydroxyl groups excluding tert-OH is 4. The van der Waals surface area contributed by atoms with Crippen LogP contribution in [0.25, 0.3) is 0 Å². The Morgan fingerprint density at radius 2 is 1.93 bits per heavy atom. The minimum Gasteiger partial charge on any atom is -0.469 e. The fourth-order valence-corrected chi connectivity index (χ4v) is 3.40. The summed E-state index contributed by atoms with van der Waals surface area (Å²) in [5.74, 6) is -1.44. The van der Waals surface area contributed by atoms with E-state index in [-0.39, 0.29) is 5.92 Å². The molecular formula is C17H24O11. The molecule has 0 saturated carbocycles. The van der Waals surface area contributed by atoms with Crippen molar-refractivity contribution in [2.45, 2.75) is 49.7 Å². The van der Waals surface area contributed by atoms with E-state index >= 15 is 0 Å². The van der Waals surface area contributed by atoms with Crippen LogP contribution in [0.4, 0.5) is 0 Å². The largest absolute Gasteiger partial charge is 0.469 e. The Hall–Kier alpha value is -1.57. The number of carbonyl (C=O) groups is 1. The second-order valence-electron chi connectivity index (χ2n) is 6.69. The van der Waals surface area contributed by atoms with Gasteiger partial charge in [-0.25, -0.2) is 4.79 Å². The van der Waals surface area contributed by atoms with E-state index in [0.29, 0.717) is 12.0 Å². The minimum absolute atomic E-state index is 0.311. The number of methoxy groups -OCH3 is 1. The standard InChI is InChI=1S/C17H24O11/c1-3-7-8-4-11(23-2)26-15(22)9(8)6-24-16(7)27-28-17-14(21)13(20)12(19)10(5-18)25-17/h3,6-8,10-14,16-21H,1,4-5H2,2H3/t7-,8+,10-,11-,12-,13+,14-,16+,17+/m1/s1. The lowest BCUT2D eigenvalue weighted by atomic mass is 9.80. The van der Waals surface area contributed by atoms with Crippen molar-refractivity contribution in [3.8, 4) is 0 Å². The first kappa shape index (κ1) is 21.1. The van der Waals surface area contributed by atoms with Crippen molar-refractivity contribution in [2.75, 3.05) is 13.7 Å². The Labute approximate surface area is 160 Å². The molecule has 2 saturated heterocycles. The lowest BCUT2D eigenvalue weighted by Gasteiger charge is -2.41. The van der Waals surface area contributed by atoms with Gasteiger partial charge in [0.2, 0.25) is 18.9 Å². The molecule has 0 spiro atoms. The first-order valence-electron chi connectivity index (χ1n) is 8.75. The average molecular weight is 404 g/mol. The van der Waals surface area contributed by atoms with Gasteiger partial charge in [-0.05, 0) is 0 Å². The highest BCUT2D eigenvalue weighted by molar-refractivity contribution is 5.89. The monoisotopic (exact) mass is 404 g/mol. The van der Waals surface area contributed by atoms with Crippen molar-refractivity contribution in [3.63, 3.8) is 0 Å². The molecule has 9 atom stereocenters. The van der Waals surface area contributed by atoms with Crippen LogP contribution < -0.4 is 0 Å². The molecule has 0 bridgehead atoms. The van der Waals surface area contributed by atoms with Crippen LogP contribution in [0.1, 0.15) is 6.42 Å². The van der Waals surface area contributed by atoms with Crippen LogP contribution in [0, 0.1) is 11.8 Å². The third-order valence-electron chi connectivity index (χ3n) is 5.06. The van der Waals surface area contributed by atoms with E-state index in [1.807, 2.05) is 0 Å². The molecule has 0 amide bonds. The summed E-state index contributed by atoms with van der Waals surface area (Å²) < 4.78 is 20.8. The van der Waals surface area contributed by atoms with Gasteiger partial charge in [-0.2, -0.15) is 9.78 Å². The normalized spacial score (nSPS) is 43.4. The summed E-state index contributed by atoms with van der Waals surface area (Å²) >= 11 is 0. The summed E-state index contributed by atoms with van der Waals surface area (Å²) in [6.07, 6.45) is -6.05. The summed E-state index contributed by atoms with van der Waals surface area (Å²) in [6, 6.07) is 0. The summed E-state index contributed by atoms with van der Waals surface area (Å²) in [5.41, 5.74) is 0.311. The highest BCUT2D eigenvalue weighted by Gasteiger charge is 2.47. The number of cyclic esters (lactones) is 1. The van der Waals surface area contributed by atoms with Gasteiger partial charge in [-0.3, -0.25) is 0 Å². The van der Waals surface area contributed by atoms with Gasteiger partial charge in [-0.1, -0.05) is 6.08 Å². The summed E-state index contributed by atoms with van der Waals surface area (Å²) in [7, 11) is 1.42. The third-order valence-corrected chi connectivity index (χ3v) is 5.06. The number of esters is 1. The van der Waals surface area contributed by atoms with Crippen LogP contribution in [0.15, 0.2) is 24.5 Å². The van der Waals surface area contributed by atoms with E-state index in [2.05, 4.69) is 6.58 Å². The molecule has 0 unspecified atom stereocenters. The molecule has 0 aromatic heterocycles. The number of hydrogen-bond donors (Lipinski definition) is 4. The van der Waals surface area contributed by atoms with Crippen LogP contribution in [-0.4, -0.2) is 83.4 Å². The second kappa shape index (κ2) is 8.84. The molecule has 0 aromatic carbocycles. The van der Waals surface area contributed by atoms with Crippen molar-refractivity contribution in [3.05, 3.63) is 24.5 Å². The Kier molecular flexibility index (Phi) is 6.68. The SMILES string of the molecule is C=C[C@H]1[C@H](OO[C@@H]2O[C@H](CO)[C@@H](O)[C@H](O)[C@H]2O)OC=C2C(=O)O[C@@H](OC)C[C@H]21. The molecule has 3 aliphatic rings. The molecule has 3 rings (SSSR count). The van der Waals surface area contributed by atoms with E-state index in [9.17, 15) is 25.2 Å². The highest BCUT2D eigenvalue weighted by Crippen LogP contribution is 2.39. The fourth-order valence-electron chi connectivity index (χ4n) is 3.40. The maximum absolute atomic E-state index is 12.1. The van der Waals surface area contributed by atoms with Gasteiger partial charge in [0.05, 0.1) is 18.4 Å². The molecule has 11 heteroatoms. The summed E-state index contributed by atoms with van der Waals surface area (Å²) in [4.78, 5) is 22.4. The topological polar surface area (TPSA) is 153 Å². The van der Waals surface area contributed by atoms with Crippen molar-refractivity contribution in [1.29, 1.82) is 0 Å². The quantitative estimate of drug-likeness (QED) is 0.174. The number of hydrogen-bond acceptors (Lipinski definition) is 11. The maximum atomic E-state index is 12.1. The van der Waals surface area contributed by atoms with Gasteiger partial charge in [0.15, 0.2) is 0 Å². The van der Waals surface area contributed by atoms with Gasteiger partial charge in [0.25, 0.3) is 0 Å². The van der Waals surface area contributed by atoms with Crippen LogP contribution in [0.5, 0.6) is 0 Å². The van der Waals surface area contributed by atoms with Gasteiger partial charge >= 0.3 is 5.97 Å². The van der Waals surface area contributed by atoms with E-state index in [1.54, 1.807) is 0 Å². The smallest absolute Gasteiger partial charge is 0.339 e. The molecule has 0 aromatic rings. The van der Waals surface area contributed by atoms with Gasteiger partial charge in [-0.15, -0.1) is 6.58 Å². The number of ether oxygens (including phenoxy) is 4. The molecule has 3 heterocycles. The molecular weight excluding hydrogens is 380 g/mol. The molecule has 4 N–H and O–H groups in total. The minimum atomic E-state index is -1.63. The first-order chi connectivity index (χ1) is 13.4. The Balaban J connectivity index is 1.67. The van der Waals surface area contributed by atoms with Gasteiger partial charge in [0, 0.05) is 25.4 Å². The molecule has 2 fully saturated rings. The zero-order chi connectivity index (χ0) is 20.4. The predicted octanol–water partition coefficient (Wildman–Crippen LogP) is -1.69. The zero-order valence-corrected chi connectivity index (χ0v) is 15.1. The molecule has 0 aliphatic carbocycles. The fraction of sp³-hybridized carbons (Fsp3) is 0.706. The zero-order valence-electron chi connectivity index (χ0n) is 15.1. The van der Waals surface area contributed by atoms with Crippen LogP contribution in [0.2, 0.25) is 0 Å². The number of rotatable bonds is 6. The van der Waals surface area contributed by atoms with E-state index in [0.717, 1.165) is 0 Å². The van der Waals surface area contributed by atoms with Gasteiger partial charge in [0.1, 0.15) is 24.4 Å². The molecule has 28 heavy (non-hydrogen) atoms. The lowest BCUT2D eigenvalue weighted by molar-refractivity contribution is -0.467. The number of fused-ring (bicyclic) bond motifs is 1. The maximum Gasteiger partial charge on any atom is 0.339 e. The Bertz CT molecular complexity index is 606. The Morgan fingerprint density at radius 1 is 1.21 bits per heavy atom. The third kappa shape index (κ3) is 3.93. The second-order valence-corrected chi connectivity index (χ2v) is 6.69. The molecule has 158 valence electrons. The highest BCUT2D eigenvalue weighted by atomic mass is 17.2. The first-order valence-corrected chi connectivity index (χ1v) is 8.75. The lowest BCUT2D eigenvalue weighted by Crippen LogP contribution is -2.59. The van der Waals surface area contributed by atoms with E-state index < -0.39 is 61.8 Å². The van der Waals surface area contributed by atoms with Crippen LogP contribution in [0.3, 0.4) is 0 Å². The molecule has 0 radical (unpaired) electrons. The van der Waals surface area contributed by atoms with Gasteiger partial charge < -0.3 is 39.4 Å². The predicted molar refractivity (Wildman–Crippen MR) is 87.6 cm³/mol.